The fourth-order valence-electron chi connectivity index (χ4n) is 0.835. The highest BCUT2D eigenvalue weighted by molar-refractivity contribution is 7.09. The number of esters is 1. The van der Waals surface area contributed by atoms with Gasteiger partial charge in [0.25, 0.3) is 0 Å². The van der Waals surface area contributed by atoms with Gasteiger partial charge in [0.2, 0.25) is 5.83 Å². The van der Waals surface area contributed by atoms with Crippen LogP contribution < -0.4 is 0 Å². The SMILES string of the molecule is CCOC(=O)/C(F)=C\c1csc(C)n1. The first-order valence-electron chi connectivity index (χ1n) is 4.10. The molecule has 1 rings (SSSR count). The van der Waals surface area contributed by atoms with Crippen LogP contribution in [0.1, 0.15) is 17.6 Å². The Balaban J connectivity index is 2.73. The van der Waals surface area contributed by atoms with E-state index in [1.165, 1.54) is 11.3 Å². The van der Waals surface area contributed by atoms with Crippen LogP contribution in [-0.4, -0.2) is 17.6 Å². The Morgan fingerprint density at radius 1 is 1.79 bits per heavy atom. The first-order chi connectivity index (χ1) is 6.63. The van der Waals surface area contributed by atoms with E-state index in [1.54, 1.807) is 12.3 Å². The van der Waals surface area contributed by atoms with Gasteiger partial charge in [-0.15, -0.1) is 11.3 Å². The molecule has 0 unspecified atom stereocenters. The van der Waals surface area contributed by atoms with E-state index in [2.05, 4.69) is 9.72 Å². The van der Waals surface area contributed by atoms with Crippen molar-refractivity contribution in [1.29, 1.82) is 0 Å². The Morgan fingerprint density at radius 3 is 3.00 bits per heavy atom. The molecule has 0 spiro atoms. The van der Waals surface area contributed by atoms with Crippen LogP contribution in [0.3, 0.4) is 0 Å². The molecule has 0 bridgehead atoms. The summed E-state index contributed by atoms with van der Waals surface area (Å²) in [6.45, 7) is 3.60. The van der Waals surface area contributed by atoms with Gasteiger partial charge in [-0.05, 0) is 13.8 Å². The average Bonchev–Trinajstić information content (AvgIpc) is 2.51. The van der Waals surface area contributed by atoms with E-state index in [-0.39, 0.29) is 6.61 Å². The smallest absolute Gasteiger partial charge is 0.367 e. The highest BCUT2D eigenvalue weighted by Gasteiger charge is 2.09. The van der Waals surface area contributed by atoms with Crippen LogP contribution >= 0.6 is 11.3 Å². The topological polar surface area (TPSA) is 39.2 Å². The molecule has 0 radical (unpaired) electrons. The number of carbonyl (C=O) groups excluding carboxylic acids is 1. The summed E-state index contributed by atoms with van der Waals surface area (Å²) in [5.74, 6) is -1.87. The van der Waals surface area contributed by atoms with Crippen LogP contribution in [0.25, 0.3) is 6.08 Å². The van der Waals surface area contributed by atoms with Crippen molar-refractivity contribution >= 4 is 23.4 Å². The van der Waals surface area contributed by atoms with Crippen LogP contribution in [-0.2, 0) is 9.53 Å². The maximum atomic E-state index is 13.0. The summed E-state index contributed by atoms with van der Waals surface area (Å²) < 4.78 is 17.5. The van der Waals surface area contributed by atoms with Crippen molar-refractivity contribution in [1.82, 2.24) is 4.98 Å². The summed E-state index contributed by atoms with van der Waals surface area (Å²) in [6, 6.07) is 0. The fourth-order valence-corrected chi connectivity index (χ4v) is 1.41. The Morgan fingerprint density at radius 2 is 2.50 bits per heavy atom. The molecular formula is C9H10FNO2S. The van der Waals surface area contributed by atoms with Gasteiger partial charge < -0.3 is 4.74 Å². The second kappa shape index (κ2) is 4.85. The van der Waals surface area contributed by atoms with Crippen LogP contribution in [0.4, 0.5) is 4.39 Å². The largest absolute Gasteiger partial charge is 0.461 e. The number of hydrogen-bond acceptors (Lipinski definition) is 4. The maximum absolute atomic E-state index is 13.0. The van der Waals surface area contributed by atoms with E-state index in [0.29, 0.717) is 5.69 Å². The molecule has 0 aliphatic heterocycles. The van der Waals surface area contributed by atoms with Crippen molar-refractivity contribution < 1.29 is 13.9 Å². The molecule has 0 saturated carbocycles. The van der Waals surface area contributed by atoms with Crippen LogP contribution in [0.2, 0.25) is 0 Å². The van der Waals surface area contributed by atoms with Crippen molar-refractivity contribution in [3.8, 4) is 0 Å². The number of carbonyl (C=O) groups is 1. The molecule has 0 saturated heterocycles. The zero-order valence-corrected chi connectivity index (χ0v) is 8.73. The van der Waals surface area contributed by atoms with Gasteiger partial charge >= 0.3 is 5.97 Å². The molecule has 0 fully saturated rings. The first kappa shape index (κ1) is 10.8. The number of rotatable bonds is 3. The Hall–Kier alpha value is -1.23. The molecule has 0 aliphatic rings. The quantitative estimate of drug-likeness (QED) is 0.573. The van der Waals surface area contributed by atoms with Crippen molar-refractivity contribution in [2.24, 2.45) is 0 Å². The molecule has 1 aromatic rings. The van der Waals surface area contributed by atoms with Crippen molar-refractivity contribution in [2.45, 2.75) is 13.8 Å². The zero-order chi connectivity index (χ0) is 10.6. The van der Waals surface area contributed by atoms with Gasteiger partial charge in [0.15, 0.2) is 0 Å². The van der Waals surface area contributed by atoms with Gasteiger partial charge in [0.1, 0.15) is 0 Å². The van der Waals surface area contributed by atoms with Gasteiger partial charge in [-0.1, -0.05) is 0 Å². The molecule has 0 amide bonds. The molecule has 0 aromatic carbocycles. The molecule has 0 atom stereocenters. The number of nitrogens with zero attached hydrogens (tertiary/aromatic N) is 1. The molecule has 76 valence electrons. The summed E-state index contributed by atoms with van der Waals surface area (Å²) in [7, 11) is 0. The lowest BCUT2D eigenvalue weighted by molar-refractivity contribution is -0.140. The molecule has 5 heteroatoms. The van der Waals surface area contributed by atoms with E-state index < -0.39 is 11.8 Å². The highest BCUT2D eigenvalue weighted by Crippen LogP contribution is 2.13. The van der Waals surface area contributed by atoms with Crippen LogP contribution in [0.15, 0.2) is 11.2 Å². The zero-order valence-electron chi connectivity index (χ0n) is 7.91. The average molecular weight is 215 g/mol. The van der Waals surface area contributed by atoms with E-state index in [1.807, 2.05) is 6.92 Å². The Bertz CT molecular complexity index is 359. The number of halogens is 1. The van der Waals surface area contributed by atoms with Crippen LogP contribution in [0, 0.1) is 6.92 Å². The standard InChI is InChI=1S/C9H10FNO2S/c1-3-13-9(12)8(10)4-7-5-14-6(2)11-7/h4-5H,3H2,1-2H3/b8-4+. The monoisotopic (exact) mass is 215 g/mol. The van der Waals surface area contributed by atoms with Crippen molar-refractivity contribution in [3.63, 3.8) is 0 Å². The number of ether oxygens (including phenoxy) is 1. The van der Waals surface area contributed by atoms with Gasteiger partial charge in [0, 0.05) is 11.5 Å². The number of thiazole rings is 1. The third-order valence-corrected chi connectivity index (χ3v) is 2.17. The Labute approximate surface area is 85.2 Å². The lowest BCUT2D eigenvalue weighted by Gasteiger charge is -1.96. The summed E-state index contributed by atoms with van der Waals surface area (Å²) in [4.78, 5) is 14.9. The summed E-state index contributed by atoms with van der Waals surface area (Å²) >= 11 is 1.40. The highest BCUT2D eigenvalue weighted by atomic mass is 32.1. The summed E-state index contributed by atoms with van der Waals surface area (Å²) in [5, 5.41) is 2.50. The lowest BCUT2D eigenvalue weighted by Crippen LogP contribution is -2.03. The second-order valence-corrected chi connectivity index (χ2v) is 3.57. The van der Waals surface area contributed by atoms with E-state index in [0.717, 1.165) is 11.1 Å². The van der Waals surface area contributed by atoms with E-state index in [9.17, 15) is 9.18 Å². The van der Waals surface area contributed by atoms with E-state index in [4.69, 9.17) is 0 Å². The summed E-state index contributed by atoms with van der Waals surface area (Å²) in [6.07, 6.45) is 1.07. The minimum absolute atomic E-state index is 0.163. The molecular weight excluding hydrogens is 205 g/mol. The third-order valence-electron chi connectivity index (χ3n) is 1.38. The van der Waals surface area contributed by atoms with Gasteiger partial charge in [-0.2, -0.15) is 4.39 Å². The van der Waals surface area contributed by atoms with Crippen molar-refractivity contribution in [3.05, 3.63) is 21.9 Å². The van der Waals surface area contributed by atoms with Crippen LogP contribution in [0.5, 0.6) is 0 Å². The molecule has 1 heterocycles. The molecule has 14 heavy (non-hydrogen) atoms. The van der Waals surface area contributed by atoms with Gasteiger partial charge in [0.05, 0.1) is 17.3 Å². The molecule has 0 N–H and O–H groups in total. The Kier molecular flexibility index (Phi) is 3.76. The fraction of sp³-hybridized carbons (Fsp3) is 0.333. The predicted octanol–water partition coefficient (Wildman–Crippen LogP) is 2.33. The molecule has 1 aromatic heterocycles. The van der Waals surface area contributed by atoms with Crippen molar-refractivity contribution in [2.75, 3.05) is 6.61 Å². The first-order valence-corrected chi connectivity index (χ1v) is 4.98. The summed E-state index contributed by atoms with van der Waals surface area (Å²) in [5.41, 5.74) is 0.443. The number of aromatic nitrogens is 1. The minimum atomic E-state index is -0.946. The van der Waals surface area contributed by atoms with E-state index >= 15 is 0 Å². The minimum Gasteiger partial charge on any atom is -0.461 e. The second-order valence-electron chi connectivity index (χ2n) is 2.50. The lowest BCUT2D eigenvalue weighted by atomic mass is 10.4. The normalized spacial score (nSPS) is 11.5. The van der Waals surface area contributed by atoms with Gasteiger partial charge in [-0.3, -0.25) is 0 Å². The van der Waals surface area contributed by atoms with Gasteiger partial charge in [-0.25, -0.2) is 9.78 Å². The number of hydrogen-bond donors (Lipinski definition) is 0. The maximum Gasteiger partial charge on any atom is 0.367 e. The molecule has 0 aliphatic carbocycles. The number of aryl methyl sites for hydroxylation is 1. The molecule has 3 nitrogen and oxygen atoms in total. The third kappa shape index (κ3) is 2.92. The predicted molar refractivity (Wildman–Crippen MR) is 52.6 cm³/mol.